The summed E-state index contributed by atoms with van der Waals surface area (Å²) in [5.41, 5.74) is -0.795. The van der Waals surface area contributed by atoms with E-state index in [2.05, 4.69) is 10.6 Å². The fourth-order valence-corrected chi connectivity index (χ4v) is 1.66. The molecule has 20 heavy (non-hydrogen) atoms. The lowest BCUT2D eigenvalue weighted by Gasteiger charge is -2.19. The maximum absolute atomic E-state index is 11.8. The van der Waals surface area contributed by atoms with E-state index in [0.29, 0.717) is 25.3 Å². The summed E-state index contributed by atoms with van der Waals surface area (Å²) in [5, 5.41) is 14.3. The Morgan fingerprint density at radius 1 is 1.25 bits per heavy atom. The van der Waals surface area contributed by atoms with E-state index in [1.165, 1.54) is 11.9 Å². The van der Waals surface area contributed by atoms with E-state index >= 15 is 0 Å². The van der Waals surface area contributed by atoms with Crippen LogP contribution in [0.5, 0.6) is 0 Å². The molecule has 3 N–H and O–H groups in total. The van der Waals surface area contributed by atoms with Gasteiger partial charge in [-0.25, -0.2) is 4.79 Å². The number of carboxylic acid groups (broad SMARTS) is 1. The monoisotopic (exact) mass is 285 g/mol. The molecule has 1 aliphatic rings. The van der Waals surface area contributed by atoms with E-state index in [9.17, 15) is 14.4 Å². The van der Waals surface area contributed by atoms with Crippen LogP contribution in [0.25, 0.3) is 0 Å². The maximum Gasteiger partial charge on any atom is 0.317 e. The number of urea groups is 1. The molecule has 1 saturated carbocycles. The van der Waals surface area contributed by atoms with Crippen LogP contribution in [0.1, 0.15) is 26.7 Å². The van der Waals surface area contributed by atoms with Gasteiger partial charge in [0, 0.05) is 20.1 Å². The number of likely N-dealkylation sites (N-methyl/N-ethyl adjacent to an activating group) is 1. The minimum absolute atomic E-state index is 0.0430. The van der Waals surface area contributed by atoms with Gasteiger partial charge in [0.05, 0.1) is 5.41 Å². The molecule has 1 fully saturated rings. The molecule has 0 saturated heterocycles. The van der Waals surface area contributed by atoms with Crippen molar-refractivity contribution in [2.75, 3.05) is 26.7 Å². The third-order valence-corrected chi connectivity index (χ3v) is 3.32. The Labute approximate surface area is 118 Å². The van der Waals surface area contributed by atoms with Gasteiger partial charge in [-0.2, -0.15) is 0 Å². The maximum atomic E-state index is 11.8. The summed E-state index contributed by atoms with van der Waals surface area (Å²) >= 11 is 0. The summed E-state index contributed by atoms with van der Waals surface area (Å²) < 4.78 is 0. The number of aliphatic carboxylic acids is 1. The summed E-state index contributed by atoms with van der Waals surface area (Å²) in [6.07, 6.45) is 1.17. The van der Waals surface area contributed by atoms with E-state index in [1.807, 2.05) is 13.8 Å². The van der Waals surface area contributed by atoms with Crippen molar-refractivity contribution in [1.82, 2.24) is 15.5 Å². The second-order valence-corrected chi connectivity index (χ2v) is 5.80. The SMILES string of the molecule is CC(C)CNC(=O)CN(C)C(=O)NCC1(C(=O)O)CC1. The smallest absolute Gasteiger partial charge is 0.317 e. The minimum atomic E-state index is -0.880. The van der Waals surface area contributed by atoms with Crippen molar-refractivity contribution < 1.29 is 19.5 Å². The van der Waals surface area contributed by atoms with Gasteiger partial charge in [-0.3, -0.25) is 9.59 Å². The van der Waals surface area contributed by atoms with Crippen molar-refractivity contribution in [3.63, 3.8) is 0 Å². The van der Waals surface area contributed by atoms with Crippen LogP contribution >= 0.6 is 0 Å². The molecule has 3 amide bonds. The Bertz CT molecular complexity index is 391. The summed E-state index contributed by atoms with van der Waals surface area (Å²) in [6.45, 7) is 4.60. The molecule has 0 aliphatic heterocycles. The molecule has 0 radical (unpaired) electrons. The highest BCUT2D eigenvalue weighted by molar-refractivity contribution is 5.84. The number of amides is 3. The zero-order valence-electron chi connectivity index (χ0n) is 12.2. The zero-order valence-corrected chi connectivity index (χ0v) is 12.2. The molecule has 0 spiro atoms. The normalized spacial score (nSPS) is 15.6. The Hall–Kier alpha value is -1.79. The Morgan fingerprint density at radius 2 is 1.85 bits per heavy atom. The molecular formula is C13H23N3O4. The first-order valence-corrected chi connectivity index (χ1v) is 6.76. The molecule has 0 atom stereocenters. The van der Waals surface area contributed by atoms with Crippen LogP contribution in [0.15, 0.2) is 0 Å². The van der Waals surface area contributed by atoms with Gasteiger partial charge in [-0.05, 0) is 18.8 Å². The number of nitrogens with zero attached hydrogens (tertiary/aromatic N) is 1. The average molecular weight is 285 g/mol. The molecule has 7 nitrogen and oxygen atoms in total. The van der Waals surface area contributed by atoms with Crippen LogP contribution in [-0.2, 0) is 9.59 Å². The predicted molar refractivity (Wildman–Crippen MR) is 73.2 cm³/mol. The summed E-state index contributed by atoms with van der Waals surface area (Å²) in [4.78, 5) is 35.5. The lowest BCUT2D eigenvalue weighted by molar-refractivity contribution is -0.143. The Balaban J connectivity index is 2.29. The second-order valence-electron chi connectivity index (χ2n) is 5.80. The quantitative estimate of drug-likeness (QED) is 0.625. The number of nitrogens with one attached hydrogen (secondary N) is 2. The van der Waals surface area contributed by atoms with E-state index in [0.717, 1.165) is 0 Å². The highest BCUT2D eigenvalue weighted by Crippen LogP contribution is 2.45. The van der Waals surface area contributed by atoms with E-state index in [4.69, 9.17) is 5.11 Å². The van der Waals surface area contributed by atoms with Crippen LogP contribution < -0.4 is 10.6 Å². The van der Waals surface area contributed by atoms with Crippen LogP contribution in [-0.4, -0.2) is 54.6 Å². The fraction of sp³-hybridized carbons (Fsp3) is 0.769. The van der Waals surface area contributed by atoms with E-state index in [1.54, 1.807) is 0 Å². The molecule has 114 valence electrons. The average Bonchev–Trinajstić information content (AvgIpc) is 3.14. The van der Waals surface area contributed by atoms with Gasteiger partial charge < -0.3 is 20.6 Å². The van der Waals surface area contributed by atoms with Crippen molar-refractivity contribution >= 4 is 17.9 Å². The van der Waals surface area contributed by atoms with Crippen LogP contribution in [0.3, 0.4) is 0 Å². The standard InChI is InChI=1S/C13H23N3O4/c1-9(2)6-14-10(17)7-16(3)12(20)15-8-13(4-5-13)11(18)19/h9H,4-8H2,1-3H3,(H,14,17)(H,15,20)(H,18,19). The largest absolute Gasteiger partial charge is 0.481 e. The highest BCUT2D eigenvalue weighted by Gasteiger charge is 2.50. The van der Waals surface area contributed by atoms with Gasteiger partial charge in [0.15, 0.2) is 0 Å². The van der Waals surface area contributed by atoms with Crippen molar-refractivity contribution in [1.29, 1.82) is 0 Å². The third kappa shape index (κ3) is 4.71. The summed E-state index contributed by atoms with van der Waals surface area (Å²) in [5.74, 6) is -0.755. The molecule has 1 aliphatic carbocycles. The third-order valence-electron chi connectivity index (χ3n) is 3.32. The number of hydrogen-bond acceptors (Lipinski definition) is 3. The van der Waals surface area contributed by atoms with Gasteiger partial charge in [0.2, 0.25) is 5.91 Å². The van der Waals surface area contributed by atoms with Crippen molar-refractivity contribution in [2.45, 2.75) is 26.7 Å². The molecule has 1 rings (SSSR count). The molecule has 0 heterocycles. The summed E-state index contributed by atoms with van der Waals surface area (Å²) in [7, 11) is 1.50. The fourth-order valence-electron chi connectivity index (χ4n) is 1.66. The number of hydrogen-bond donors (Lipinski definition) is 3. The number of carbonyl (C=O) groups is 3. The molecule has 0 aromatic heterocycles. The Kier molecular flexibility index (Phi) is 5.35. The van der Waals surface area contributed by atoms with Crippen molar-refractivity contribution in [3.05, 3.63) is 0 Å². The molecule has 0 unspecified atom stereocenters. The van der Waals surface area contributed by atoms with Crippen LogP contribution in [0.4, 0.5) is 4.79 Å². The number of carbonyl (C=O) groups excluding carboxylic acids is 2. The van der Waals surface area contributed by atoms with Gasteiger partial charge in [-0.1, -0.05) is 13.8 Å². The van der Waals surface area contributed by atoms with Crippen LogP contribution in [0.2, 0.25) is 0 Å². The molecular weight excluding hydrogens is 262 g/mol. The minimum Gasteiger partial charge on any atom is -0.481 e. The first kappa shape index (κ1) is 16.3. The van der Waals surface area contributed by atoms with Gasteiger partial charge in [-0.15, -0.1) is 0 Å². The number of rotatable bonds is 7. The first-order valence-electron chi connectivity index (χ1n) is 6.76. The Morgan fingerprint density at radius 3 is 2.30 bits per heavy atom. The van der Waals surface area contributed by atoms with Gasteiger partial charge in [0.25, 0.3) is 0 Å². The molecule has 0 bridgehead atoms. The van der Waals surface area contributed by atoms with Gasteiger partial charge in [0.1, 0.15) is 6.54 Å². The van der Waals surface area contributed by atoms with Crippen molar-refractivity contribution in [2.24, 2.45) is 11.3 Å². The second kappa shape index (κ2) is 6.58. The number of carboxylic acids is 1. The molecule has 0 aromatic carbocycles. The lowest BCUT2D eigenvalue weighted by atomic mass is 10.1. The zero-order chi connectivity index (χ0) is 15.3. The van der Waals surface area contributed by atoms with E-state index < -0.39 is 17.4 Å². The predicted octanol–water partition coefficient (Wildman–Crippen LogP) is 0.265. The van der Waals surface area contributed by atoms with E-state index in [-0.39, 0.29) is 19.0 Å². The lowest BCUT2D eigenvalue weighted by Crippen LogP contribution is -2.46. The molecule has 7 heteroatoms. The van der Waals surface area contributed by atoms with Gasteiger partial charge >= 0.3 is 12.0 Å². The topological polar surface area (TPSA) is 98.7 Å². The van der Waals surface area contributed by atoms with Crippen LogP contribution in [0, 0.1) is 11.3 Å². The van der Waals surface area contributed by atoms with Crippen molar-refractivity contribution in [3.8, 4) is 0 Å². The first-order chi connectivity index (χ1) is 9.27. The molecule has 0 aromatic rings. The highest BCUT2D eigenvalue weighted by atomic mass is 16.4. The summed E-state index contributed by atoms with van der Waals surface area (Å²) in [6, 6.07) is -0.433.